The van der Waals surface area contributed by atoms with Crippen LogP contribution in [0.4, 0.5) is 0 Å². The number of carbonyl (C=O) groups is 1. The van der Waals surface area contributed by atoms with Crippen LogP contribution in [-0.4, -0.2) is 24.1 Å². The van der Waals surface area contributed by atoms with Gasteiger partial charge in [0.2, 0.25) is 0 Å². The van der Waals surface area contributed by atoms with Crippen LogP contribution in [0.2, 0.25) is 0 Å². The number of ether oxygens (including phenoxy) is 2. The molecule has 19 heavy (non-hydrogen) atoms. The van der Waals surface area contributed by atoms with Gasteiger partial charge in [-0.05, 0) is 32.6 Å². The molecule has 102 valence electrons. The van der Waals surface area contributed by atoms with Crippen LogP contribution in [0.1, 0.15) is 36.5 Å². The zero-order valence-electron chi connectivity index (χ0n) is 11.1. The Bertz CT molecular complexity index is 496. The van der Waals surface area contributed by atoms with Crippen molar-refractivity contribution in [1.82, 2.24) is 0 Å². The Hall–Kier alpha value is -1.71. The lowest BCUT2D eigenvalue weighted by Crippen LogP contribution is -2.18. The van der Waals surface area contributed by atoms with E-state index >= 15 is 0 Å². The zero-order valence-corrected chi connectivity index (χ0v) is 11.1. The Morgan fingerprint density at radius 2 is 1.74 bits per heavy atom. The van der Waals surface area contributed by atoms with Crippen molar-refractivity contribution in [2.45, 2.75) is 39.0 Å². The summed E-state index contributed by atoms with van der Waals surface area (Å²) in [5, 5.41) is 10.3. The second-order valence-corrected chi connectivity index (χ2v) is 5.23. The van der Waals surface area contributed by atoms with Crippen LogP contribution < -0.4 is 9.47 Å². The number of aromatic hydroxyl groups is 1. The Labute approximate surface area is 112 Å². The molecule has 3 rings (SSSR count). The van der Waals surface area contributed by atoms with Gasteiger partial charge in [-0.2, -0.15) is 0 Å². The monoisotopic (exact) mass is 262 g/mol. The molecule has 2 aliphatic heterocycles. The highest BCUT2D eigenvalue weighted by atomic mass is 16.5. The molecular formula is C15H18O4. The van der Waals surface area contributed by atoms with Crippen molar-refractivity contribution >= 4 is 5.78 Å². The van der Waals surface area contributed by atoms with E-state index < -0.39 is 0 Å². The van der Waals surface area contributed by atoms with E-state index in [1.807, 2.05) is 0 Å². The highest BCUT2D eigenvalue weighted by molar-refractivity contribution is 5.81. The zero-order chi connectivity index (χ0) is 13.4. The first-order chi connectivity index (χ1) is 9.18. The maximum absolute atomic E-state index is 11.5. The molecular weight excluding hydrogens is 244 g/mol. The molecule has 0 spiro atoms. The van der Waals surface area contributed by atoms with Gasteiger partial charge < -0.3 is 14.6 Å². The van der Waals surface area contributed by atoms with Crippen molar-refractivity contribution in [2.24, 2.45) is 0 Å². The molecule has 0 fully saturated rings. The van der Waals surface area contributed by atoms with Gasteiger partial charge in [0, 0.05) is 23.1 Å². The van der Waals surface area contributed by atoms with E-state index in [0.29, 0.717) is 25.4 Å². The molecule has 0 atom stereocenters. The highest BCUT2D eigenvalue weighted by Gasteiger charge is 2.29. The van der Waals surface area contributed by atoms with Crippen molar-refractivity contribution in [2.75, 3.05) is 13.2 Å². The van der Waals surface area contributed by atoms with E-state index in [1.54, 1.807) is 6.92 Å². The number of Topliss-reactive ketones (excluding diaryl/α,β-unsaturated/α-hetero) is 1. The van der Waals surface area contributed by atoms with Crippen LogP contribution in [0.15, 0.2) is 0 Å². The minimum Gasteiger partial charge on any atom is -0.504 e. The summed E-state index contributed by atoms with van der Waals surface area (Å²) in [6.45, 7) is 2.86. The number of phenols is 1. The number of carbonyl (C=O) groups excluding carboxylic acids is 1. The molecule has 0 bridgehead atoms. The normalized spacial score (nSPS) is 16.9. The lowest BCUT2D eigenvalue weighted by atomic mass is 9.90. The van der Waals surface area contributed by atoms with Gasteiger partial charge in [0.05, 0.1) is 13.2 Å². The smallest absolute Gasteiger partial charge is 0.164 e. The van der Waals surface area contributed by atoms with Gasteiger partial charge in [-0.3, -0.25) is 4.79 Å². The molecule has 0 saturated heterocycles. The van der Waals surface area contributed by atoms with Crippen molar-refractivity contribution in [3.05, 3.63) is 16.7 Å². The number of benzene rings is 1. The number of hydrogen-bond donors (Lipinski definition) is 1. The third-order valence-electron chi connectivity index (χ3n) is 3.75. The fourth-order valence-corrected chi connectivity index (χ4v) is 2.95. The van der Waals surface area contributed by atoms with Gasteiger partial charge >= 0.3 is 0 Å². The van der Waals surface area contributed by atoms with Gasteiger partial charge in [0.25, 0.3) is 0 Å². The fourth-order valence-electron chi connectivity index (χ4n) is 2.95. The molecule has 1 N–H and O–H groups in total. The molecule has 0 amide bonds. The second-order valence-electron chi connectivity index (χ2n) is 5.23. The van der Waals surface area contributed by atoms with Gasteiger partial charge in [0.15, 0.2) is 11.5 Å². The maximum Gasteiger partial charge on any atom is 0.164 e. The first kappa shape index (κ1) is 12.3. The van der Waals surface area contributed by atoms with Crippen LogP contribution in [0.25, 0.3) is 0 Å². The van der Waals surface area contributed by atoms with Gasteiger partial charge in [-0.1, -0.05) is 0 Å². The predicted octanol–water partition coefficient (Wildman–Crippen LogP) is 2.17. The number of ketones is 1. The lowest BCUT2D eigenvalue weighted by Gasteiger charge is -2.28. The van der Waals surface area contributed by atoms with E-state index in [-0.39, 0.29) is 11.5 Å². The molecule has 0 saturated carbocycles. The van der Waals surface area contributed by atoms with Gasteiger partial charge in [0.1, 0.15) is 11.5 Å². The third-order valence-corrected chi connectivity index (χ3v) is 3.75. The summed E-state index contributed by atoms with van der Waals surface area (Å²) >= 11 is 0. The summed E-state index contributed by atoms with van der Waals surface area (Å²) in [5.74, 6) is 1.63. The van der Waals surface area contributed by atoms with Crippen LogP contribution in [0.3, 0.4) is 0 Å². The van der Waals surface area contributed by atoms with Gasteiger partial charge in [-0.15, -0.1) is 0 Å². The Morgan fingerprint density at radius 1 is 1.11 bits per heavy atom. The molecule has 0 unspecified atom stereocenters. The van der Waals surface area contributed by atoms with E-state index in [4.69, 9.17) is 9.47 Å². The lowest BCUT2D eigenvalue weighted by molar-refractivity contribution is -0.116. The number of hydrogen-bond acceptors (Lipinski definition) is 4. The van der Waals surface area contributed by atoms with Gasteiger partial charge in [-0.25, -0.2) is 0 Å². The molecule has 4 heteroatoms. The van der Waals surface area contributed by atoms with E-state index in [2.05, 4.69) is 0 Å². The molecule has 0 aromatic heterocycles. The Morgan fingerprint density at radius 3 is 2.42 bits per heavy atom. The maximum atomic E-state index is 11.5. The first-order valence-corrected chi connectivity index (χ1v) is 6.83. The van der Waals surface area contributed by atoms with Crippen LogP contribution in [0, 0.1) is 0 Å². The summed E-state index contributed by atoms with van der Waals surface area (Å²) in [5.41, 5.74) is 2.69. The highest BCUT2D eigenvalue weighted by Crippen LogP contribution is 2.47. The topological polar surface area (TPSA) is 55.8 Å². The summed E-state index contributed by atoms with van der Waals surface area (Å²) < 4.78 is 11.4. The molecule has 1 aromatic rings. The summed E-state index contributed by atoms with van der Waals surface area (Å²) in [4.78, 5) is 11.5. The number of rotatable bonds is 2. The number of phenolic OH excluding ortho intramolecular Hbond substituents is 1. The second kappa shape index (κ2) is 4.76. The molecule has 4 nitrogen and oxygen atoms in total. The third kappa shape index (κ3) is 2.05. The fraction of sp³-hybridized carbons (Fsp3) is 0.533. The summed E-state index contributed by atoms with van der Waals surface area (Å²) in [6.07, 6.45) is 3.77. The van der Waals surface area contributed by atoms with Crippen molar-refractivity contribution in [3.63, 3.8) is 0 Å². The SMILES string of the molecule is CC(=O)Cc1c2c(c(O)c3c1OCCC3)OCCC2. The largest absolute Gasteiger partial charge is 0.504 e. The molecule has 1 aromatic carbocycles. The summed E-state index contributed by atoms with van der Waals surface area (Å²) in [7, 11) is 0. The number of fused-ring (bicyclic) bond motifs is 2. The van der Waals surface area contributed by atoms with E-state index in [9.17, 15) is 9.90 Å². The van der Waals surface area contributed by atoms with Crippen molar-refractivity contribution < 1.29 is 19.4 Å². The predicted molar refractivity (Wildman–Crippen MR) is 70.1 cm³/mol. The minimum absolute atomic E-state index is 0.106. The quantitative estimate of drug-likeness (QED) is 0.887. The molecule has 0 radical (unpaired) electrons. The average molecular weight is 262 g/mol. The Kier molecular flexibility index (Phi) is 3.09. The molecule has 0 aliphatic carbocycles. The van der Waals surface area contributed by atoms with Crippen LogP contribution in [-0.2, 0) is 24.1 Å². The van der Waals surface area contributed by atoms with Crippen molar-refractivity contribution in [1.29, 1.82) is 0 Å². The molecule has 2 heterocycles. The molecule has 2 aliphatic rings. The Balaban J connectivity index is 2.21. The van der Waals surface area contributed by atoms with E-state index in [1.165, 1.54) is 0 Å². The summed E-state index contributed by atoms with van der Waals surface area (Å²) in [6, 6.07) is 0. The standard InChI is InChI=1S/C15H18O4/c1-9(16)8-12-10-4-2-7-19-15(10)13(17)11-5-3-6-18-14(11)12/h17H,2-8H2,1H3. The minimum atomic E-state index is 0.106. The van der Waals surface area contributed by atoms with E-state index in [0.717, 1.165) is 48.1 Å². The average Bonchev–Trinajstić information content (AvgIpc) is 2.43. The van der Waals surface area contributed by atoms with Crippen molar-refractivity contribution in [3.8, 4) is 17.2 Å². The first-order valence-electron chi connectivity index (χ1n) is 6.83. The van der Waals surface area contributed by atoms with Crippen LogP contribution in [0.5, 0.6) is 17.2 Å². The van der Waals surface area contributed by atoms with Crippen LogP contribution >= 0.6 is 0 Å².